The van der Waals surface area contributed by atoms with Crippen LogP contribution in [0.5, 0.6) is 11.5 Å². The molecule has 0 aliphatic rings. The van der Waals surface area contributed by atoms with Crippen molar-refractivity contribution in [3.8, 4) is 22.8 Å². The number of nitrogens with zero attached hydrogens (tertiary/aromatic N) is 3. The molecule has 164 valence electrons. The fraction of sp³-hybridized carbons (Fsp3) is 0.174. The minimum absolute atomic E-state index is 0.217. The lowest BCUT2D eigenvalue weighted by atomic mass is 10.1. The molecule has 4 rings (SSSR count). The summed E-state index contributed by atoms with van der Waals surface area (Å²) >= 11 is 0. The molecule has 4 aromatic rings. The number of rotatable bonds is 7. The Labute approximate surface area is 183 Å². The van der Waals surface area contributed by atoms with E-state index < -0.39 is 11.5 Å². The fourth-order valence-electron chi connectivity index (χ4n) is 3.49. The molecule has 9 heteroatoms. The van der Waals surface area contributed by atoms with Crippen LogP contribution in [0.2, 0.25) is 0 Å². The highest BCUT2D eigenvalue weighted by molar-refractivity contribution is 5.91. The van der Waals surface area contributed by atoms with Crippen LogP contribution in [0.3, 0.4) is 0 Å². The van der Waals surface area contributed by atoms with Crippen LogP contribution in [-0.2, 0) is 17.9 Å². The second-order valence-corrected chi connectivity index (χ2v) is 7.03. The van der Waals surface area contributed by atoms with Gasteiger partial charge in [-0.05, 0) is 0 Å². The Hall–Kier alpha value is -4.11. The topological polar surface area (TPSA) is 107 Å². The van der Waals surface area contributed by atoms with Crippen LogP contribution in [0.25, 0.3) is 16.8 Å². The van der Waals surface area contributed by atoms with Crippen LogP contribution in [0.1, 0.15) is 5.56 Å². The molecule has 0 saturated heterocycles. The van der Waals surface area contributed by atoms with Crippen molar-refractivity contribution in [1.29, 1.82) is 0 Å². The summed E-state index contributed by atoms with van der Waals surface area (Å²) in [5, 5.41) is 17.2. The number of hydrogen-bond acceptors (Lipinski definition) is 6. The second-order valence-electron chi connectivity index (χ2n) is 7.03. The minimum atomic E-state index is -0.426. The highest BCUT2D eigenvalue weighted by Gasteiger charge is 2.18. The minimum Gasteiger partial charge on any atom is -0.497 e. The number of aliphatic hydroxyl groups excluding tert-OH is 1. The van der Waals surface area contributed by atoms with Gasteiger partial charge in [0, 0.05) is 47.4 Å². The number of amides is 1. The van der Waals surface area contributed by atoms with Crippen LogP contribution >= 0.6 is 0 Å². The molecule has 2 heterocycles. The molecule has 0 atom stereocenters. The van der Waals surface area contributed by atoms with E-state index in [1.807, 2.05) is 30.3 Å². The summed E-state index contributed by atoms with van der Waals surface area (Å²) in [7, 11) is 3.03. The molecular weight excluding hydrogens is 412 g/mol. The zero-order valence-corrected chi connectivity index (χ0v) is 17.6. The number of anilines is 1. The number of aliphatic hydroxyl groups is 1. The predicted octanol–water partition coefficient (Wildman–Crippen LogP) is 2.31. The Bertz CT molecular complexity index is 1310. The number of ether oxygens (including phenoxy) is 2. The summed E-state index contributed by atoms with van der Waals surface area (Å²) in [6, 6.07) is 14.3. The first kappa shape index (κ1) is 21.1. The van der Waals surface area contributed by atoms with Crippen LogP contribution in [-0.4, -0.2) is 39.4 Å². The molecule has 2 aromatic heterocycles. The molecule has 2 aromatic carbocycles. The van der Waals surface area contributed by atoms with Gasteiger partial charge in [-0.1, -0.05) is 30.3 Å². The van der Waals surface area contributed by atoms with E-state index in [1.54, 1.807) is 24.4 Å². The van der Waals surface area contributed by atoms with E-state index in [9.17, 15) is 14.7 Å². The van der Waals surface area contributed by atoms with Gasteiger partial charge in [0.1, 0.15) is 23.6 Å². The number of nitrogens with one attached hydrogen (secondary N) is 1. The predicted molar refractivity (Wildman–Crippen MR) is 119 cm³/mol. The van der Waals surface area contributed by atoms with E-state index in [4.69, 9.17) is 9.47 Å². The van der Waals surface area contributed by atoms with Crippen molar-refractivity contribution < 1.29 is 19.4 Å². The lowest BCUT2D eigenvalue weighted by Gasteiger charge is -2.11. The number of carbonyl (C=O) groups excluding carboxylic acids is 1. The zero-order chi connectivity index (χ0) is 22.7. The molecule has 0 bridgehead atoms. The van der Waals surface area contributed by atoms with E-state index in [2.05, 4.69) is 10.4 Å². The number of carbonyl (C=O) groups is 1. The van der Waals surface area contributed by atoms with Crippen LogP contribution < -0.4 is 20.3 Å². The Kier molecular flexibility index (Phi) is 5.91. The molecule has 0 aliphatic carbocycles. The van der Waals surface area contributed by atoms with Crippen molar-refractivity contribution in [3.63, 3.8) is 0 Å². The molecule has 9 nitrogen and oxygen atoms in total. The van der Waals surface area contributed by atoms with Crippen molar-refractivity contribution in [2.24, 2.45) is 0 Å². The maximum atomic E-state index is 13.1. The van der Waals surface area contributed by atoms with Gasteiger partial charge in [-0.15, -0.1) is 0 Å². The van der Waals surface area contributed by atoms with Crippen LogP contribution in [0, 0.1) is 0 Å². The summed E-state index contributed by atoms with van der Waals surface area (Å²) in [5.74, 6) is 0.650. The molecule has 0 aliphatic heterocycles. The molecule has 0 unspecified atom stereocenters. The van der Waals surface area contributed by atoms with Gasteiger partial charge in [0.05, 0.1) is 26.5 Å². The molecule has 2 N–H and O–H groups in total. The van der Waals surface area contributed by atoms with Crippen LogP contribution in [0.15, 0.2) is 65.7 Å². The third kappa shape index (κ3) is 4.06. The SMILES string of the molecule is COc1cc(NC(=O)Cn2ccn3nc(-c4ccccc4)c(CO)c3c2=O)cc(OC)c1. The molecule has 0 spiro atoms. The van der Waals surface area contributed by atoms with Crippen molar-refractivity contribution in [2.75, 3.05) is 19.5 Å². The maximum Gasteiger partial charge on any atom is 0.277 e. The molecule has 0 radical (unpaired) electrons. The Morgan fingerprint density at radius 2 is 1.75 bits per heavy atom. The molecular formula is C23H22N4O5. The van der Waals surface area contributed by atoms with Gasteiger partial charge >= 0.3 is 0 Å². The van der Waals surface area contributed by atoms with E-state index in [1.165, 1.54) is 29.5 Å². The number of methoxy groups -OCH3 is 2. The summed E-state index contributed by atoms with van der Waals surface area (Å²) in [6.07, 6.45) is 3.08. The summed E-state index contributed by atoms with van der Waals surface area (Å²) in [5.41, 5.74) is 2.00. The van der Waals surface area contributed by atoms with Gasteiger partial charge in [-0.2, -0.15) is 5.10 Å². The Balaban J connectivity index is 1.65. The Morgan fingerprint density at radius 1 is 1.06 bits per heavy atom. The van der Waals surface area contributed by atoms with Crippen molar-refractivity contribution >= 4 is 17.1 Å². The third-order valence-corrected chi connectivity index (χ3v) is 5.01. The third-order valence-electron chi connectivity index (χ3n) is 5.01. The lowest BCUT2D eigenvalue weighted by molar-refractivity contribution is -0.116. The lowest BCUT2D eigenvalue weighted by Crippen LogP contribution is -2.28. The normalized spacial score (nSPS) is 10.8. The maximum absolute atomic E-state index is 13.1. The van der Waals surface area contributed by atoms with Gasteiger partial charge in [0.15, 0.2) is 0 Å². The number of hydrogen-bond donors (Lipinski definition) is 2. The largest absolute Gasteiger partial charge is 0.497 e. The average Bonchev–Trinajstić information content (AvgIpc) is 3.20. The summed E-state index contributed by atoms with van der Waals surface area (Å²) < 4.78 is 13.1. The van der Waals surface area contributed by atoms with Gasteiger partial charge < -0.3 is 24.5 Å². The standard InChI is InChI=1S/C23H22N4O5/c1-31-17-10-16(11-18(12-17)32-2)24-20(29)13-26-8-9-27-22(23(26)30)19(14-28)21(25-27)15-6-4-3-5-7-15/h3-12,28H,13-14H2,1-2H3,(H,24,29). The second kappa shape index (κ2) is 8.94. The first-order valence-electron chi connectivity index (χ1n) is 9.84. The zero-order valence-electron chi connectivity index (χ0n) is 17.6. The molecule has 0 saturated carbocycles. The average molecular weight is 434 g/mol. The van der Waals surface area contributed by atoms with Crippen molar-refractivity contribution in [1.82, 2.24) is 14.2 Å². The van der Waals surface area contributed by atoms with E-state index in [0.29, 0.717) is 28.4 Å². The van der Waals surface area contributed by atoms with Gasteiger partial charge in [0.2, 0.25) is 5.91 Å². The molecule has 1 amide bonds. The van der Waals surface area contributed by atoms with E-state index >= 15 is 0 Å². The van der Waals surface area contributed by atoms with Gasteiger partial charge in [-0.3, -0.25) is 9.59 Å². The van der Waals surface area contributed by atoms with Gasteiger partial charge in [0.25, 0.3) is 5.56 Å². The smallest absolute Gasteiger partial charge is 0.277 e. The first-order valence-corrected chi connectivity index (χ1v) is 9.84. The highest BCUT2D eigenvalue weighted by Crippen LogP contribution is 2.26. The van der Waals surface area contributed by atoms with Crippen molar-refractivity contribution in [3.05, 3.63) is 76.8 Å². The summed E-state index contributed by atoms with van der Waals surface area (Å²) in [4.78, 5) is 25.7. The van der Waals surface area contributed by atoms with E-state index in [0.717, 1.165) is 5.56 Å². The quantitative estimate of drug-likeness (QED) is 0.462. The van der Waals surface area contributed by atoms with E-state index in [-0.39, 0.29) is 18.7 Å². The van der Waals surface area contributed by atoms with Crippen molar-refractivity contribution in [2.45, 2.75) is 13.2 Å². The molecule has 0 fully saturated rings. The monoisotopic (exact) mass is 434 g/mol. The van der Waals surface area contributed by atoms with Crippen LogP contribution in [0.4, 0.5) is 5.69 Å². The number of fused-ring (bicyclic) bond motifs is 1. The van der Waals surface area contributed by atoms with Gasteiger partial charge in [-0.25, -0.2) is 4.52 Å². The number of benzene rings is 2. The number of aromatic nitrogens is 3. The fourth-order valence-corrected chi connectivity index (χ4v) is 3.49. The highest BCUT2D eigenvalue weighted by atomic mass is 16.5. The first-order chi connectivity index (χ1) is 15.5. The Morgan fingerprint density at radius 3 is 2.38 bits per heavy atom. The summed E-state index contributed by atoms with van der Waals surface area (Å²) in [6.45, 7) is -0.575. The molecule has 32 heavy (non-hydrogen) atoms.